The molecule has 1 aliphatic carbocycles. The Bertz CT molecular complexity index is 393. The average Bonchev–Trinajstić information content (AvgIpc) is 2.73. The van der Waals surface area contributed by atoms with Crippen LogP contribution in [0.25, 0.3) is 0 Å². The fraction of sp³-hybridized carbons (Fsp3) is 0.462. The number of benzene rings is 1. The van der Waals surface area contributed by atoms with E-state index in [1.807, 2.05) is 6.07 Å². The Labute approximate surface area is 108 Å². The van der Waals surface area contributed by atoms with Crippen LogP contribution in [0.2, 0.25) is 0 Å². The van der Waals surface area contributed by atoms with Gasteiger partial charge in [-0.3, -0.25) is 4.79 Å². The number of nitrogens with two attached hydrogens (primary N) is 1. The zero-order valence-corrected chi connectivity index (χ0v) is 10.7. The smallest absolute Gasteiger partial charge is 0.224 e. The molecule has 0 aliphatic heterocycles. The van der Waals surface area contributed by atoms with Crippen molar-refractivity contribution in [2.75, 3.05) is 11.9 Å². The van der Waals surface area contributed by atoms with E-state index in [4.69, 9.17) is 5.73 Å². The van der Waals surface area contributed by atoms with Crippen LogP contribution in [0.3, 0.4) is 0 Å². The van der Waals surface area contributed by atoms with Gasteiger partial charge in [0.25, 0.3) is 0 Å². The highest BCUT2D eigenvalue weighted by atomic mass is 35.5. The zero-order chi connectivity index (χ0) is 11.4. The molecule has 4 heteroatoms. The van der Waals surface area contributed by atoms with Crippen molar-refractivity contribution >= 4 is 24.0 Å². The van der Waals surface area contributed by atoms with Gasteiger partial charge in [0.05, 0.1) is 0 Å². The van der Waals surface area contributed by atoms with E-state index in [0.29, 0.717) is 13.0 Å². The number of carbonyl (C=O) groups excluding carboxylic acids is 1. The number of carbonyl (C=O) groups is 1. The molecule has 0 fully saturated rings. The molecular weight excluding hydrogens is 236 g/mol. The van der Waals surface area contributed by atoms with E-state index in [2.05, 4.69) is 17.4 Å². The molecule has 0 heterocycles. The Morgan fingerprint density at radius 1 is 1.29 bits per heavy atom. The molecule has 0 radical (unpaired) electrons. The first-order chi connectivity index (χ1) is 7.79. The van der Waals surface area contributed by atoms with Crippen molar-refractivity contribution in [3.05, 3.63) is 29.3 Å². The van der Waals surface area contributed by atoms with Crippen molar-refractivity contribution in [1.29, 1.82) is 0 Å². The van der Waals surface area contributed by atoms with Gasteiger partial charge < -0.3 is 11.1 Å². The molecular formula is C13H19ClN2O. The maximum Gasteiger partial charge on any atom is 0.224 e. The second-order valence-electron chi connectivity index (χ2n) is 4.28. The Kier molecular flexibility index (Phi) is 5.45. The fourth-order valence-corrected chi connectivity index (χ4v) is 2.14. The first-order valence-electron chi connectivity index (χ1n) is 5.91. The predicted octanol–water partition coefficient (Wildman–Crippen LogP) is 2.27. The van der Waals surface area contributed by atoms with Crippen LogP contribution in [-0.2, 0) is 17.6 Å². The minimum atomic E-state index is 0. The van der Waals surface area contributed by atoms with Gasteiger partial charge in [0.2, 0.25) is 5.91 Å². The van der Waals surface area contributed by atoms with Gasteiger partial charge in [-0.05, 0) is 55.5 Å². The zero-order valence-electron chi connectivity index (χ0n) is 9.87. The lowest BCUT2D eigenvalue weighted by Gasteiger charge is -2.07. The molecule has 1 amide bonds. The molecule has 2 rings (SSSR count). The number of anilines is 1. The number of amides is 1. The quantitative estimate of drug-likeness (QED) is 0.866. The number of rotatable bonds is 4. The van der Waals surface area contributed by atoms with Gasteiger partial charge in [0, 0.05) is 12.1 Å². The summed E-state index contributed by atoms with van der Waals surface area (Å²) in [5.74, 6) is 0.0587. The molecule has 0 atom stereocenters. The Hall–Kier alpha value is -1.06. The fourth-order valence-electron chi connectivity index (χ4n) is 2.14. The van der Waals surface area contributed by atoms with Gasteiger partial charge >= 0.3 is 0 Å². The van der Waals surface area contributed by atoms with Crippen LogP contribution in [0.4, 0.5) is 5.69 Å². The van der Waals surface area contributed by atoms with Gasteiger partial charge in [-0.2, -0.15) is 0 Å². The molecule has 3 nitrogen and oxygen atoms in total. The van der Waals surface area contributed by atoms with Gasteiger partial charge in [-0.15, -0.1) is 12.4 Å². The van der Waals surface area contributed by atoms with Crippen LogP contribution in [0.5, 0.6) is 0 Å². The van der Waals surface area contributed by atoms with Crippen molar-refractivity contribution < 1.29 is 4.79 Å². The van der Waals surface area contributed by atoms with Crippen LogP contribution in [0, 0.1) is 0 Å². The van der Waals surface area contributed by atoms with E-state index >= 15 is 0 Å². The predicted molar refractivity (Wildman–Crippen MR) is 72.6 cm³/mol. The molecule has 0 aromatic heterocycles. The topological polar surface area (TPSA) is 55.1 Å². The van der Waals surface area contributed by atoms with Crippen LogP contribution in [0.1, 0.15) is 30.4 Å². The summed E-state index contributed by atoms with van der Waals surface area (Å²) < 4.78 is 0. The molecule has 1 aromatic rings. The number of nitrogens with one attached hydrogen (secondary N) is 1. The summed E-state index contributed by atoms with van der Waals surface area (Å²) in [5.41, 5.74) is 9.10. The third-order valence-corrected chi connectivity index (χ3v) is 2.99. The summed E-state index contributed by atoms with van der Waals surface area (Å²) >= 11 is 0. The highest BCUT2D eigenvalue weighted by Gasteiger charge is 2.11. The van der Waals surface area contributed by atoms with Gasteiger partial charge in [-0.25, -0.2) is 0 Å². The highest BCUT2D eigenvalue weighted by Crippen LogP contribution is 2.24. The molecule has 0 bridgehead atoms. The number of halogens is 1. The lowest BCUT2D eigenvalue weighted by atomic mass is 10.1. The first kappa shape index (κ1) is 14.0. The Balaban J connectivity index is 0.00000144. The van der Waals surface area contributed by atoms with Crippen LogP contribution < -0.4 is 11.1 Å². The molecule has 94 valence electrons. The molecule has 3 N–H and O–H groups in total. The van der Waals surface area contributed by atoms with Crippen molar-refractivity contribution in [2.45, 2.75) is 32.1 Å². The van der Waals surface area contributed by atoms with Crippen molar-refractivity contribution in [1.82, 2.24) is 0 Å². The number of hydrogen-bond donors (Lipinski definition) is 2. The largest absolute Gasteiger partial charge is 0.330 e. The summed E-state index contributed by atoms with van der Waals surface area (Å²) in [6, 6.07) is 6.22. The summed E-state index contributed by atoms with van der Waals surface area (Å²) in [6.45, 7) is 0.567. The van der Waals surface area contributed by atoms with E-state index in [0.717, 1.165) is 18.5 Å². The number of aryl methyl sites for hydroxylation is 2. The summed E-state index contributed by atoms with van der Waals surface area (Å²) in [5, 5.41) is 2.91. The number of fused-ring (bicyclic) bond motifs is 1. The van der Waals surface area contributed by atoms with E-state index < -0.39 is 0 Å². The van der Waals surface area contributed by atoms with Crippen LogP contribution in [0.15, 0.2) is 18.2 Å². The van der Waals surface area contributed by atoms with Crippen molar-refractivity contribution in [3.8, 4) is 0 Å². The molecule has 17 heavy (non-hydrogen) atoms. The minimum Gasteiger partial charge on any atom is -0.330 e. The molecule has 0 spiro atoms. The maximum absolute atomic E-state index is 11.5. The minimum absolute atomic E-state index is 0. The molecule has 0 saturated heterocycles. The number of hydrogen-bond acceptors (Lipinski definition) is 2. The van der Waals surface area contributed by atoms with Gasteiger partial charge in [-0.1, -0.05) is 6.07 Å². The Morgan fingerprint density at radius 3 is 2.82 bits per heavy atom. The second kappa shape index (κ2) is 6.62. The normalized spacial score (nSPS) is 12.8. The molecule has 1 aromatic carbocycles. The van der Waals surface area contributed by atoms with E-state index in [1.165, 1.54) is 24.0 Å². The van der Waals surface area contributed by atoms with Crippen molar-refractivity contribution in [2.24, 2.45) is 5.73 Å². The lowest BCUT2D eigenvalue weighted by molar-refractivity contribution is -0.116. The maximum atomic E-state index is 11.5. The molecule has 0 unspecified atom stereocenters. The van der Waals surface area contributed by atoms with E-state index in [1.54, 1.807) is 0 Å². The molecule has 0 saturated carbocycles. The summed E-state index contributed by atoms with van der Waals surface area (Å²) in [4.78, 5) is 11.5. The summed E-state index contributed by atoms with van der Waals surface area (Å²) in [7, 11) is 0. The van der Waals surface area contributed by atoms with Gasteiger partial charge in [0.15, 0.2) is 0 Å². The van der Waals surface area contributed by atoms with Crippen molar-refractivity contribution in [3.63, 3.8) is 0 Å². The summed E-state index contributed by atoms with van der Waals surface area (Å²) in [6.07, 6.45) is 4.81. The standard InChI is InChI=1S/C13H18N2O.ClH/c14-8-2-5-13(16)15-12-7-6-10-3-1-4-11(10)9-12;/h6-7,9H,1-5,8,14H2,(H,15,16);1H. The van der Waals surface area contributed by atoms with Crippen LogP contribution in [-0.4, -0.2) is 12.5 Å². The lowest BCUT2D eigenvalue weighted by Crippen LogP contribution is -2.13. The average molecular weight is 255 g/mol. The third-order valence-electron chi connectivity index (χ3n) is 2.99. The Morgan fingerprint density at radius 2 is 2.06 bits per heavy atom. The monoisotopic (exact) mass is 254 g/mol. The third kappa shape index (κ3) is 3.72. The van der Waals surface area contributed by atoms with Gasteiger partial charge in [0.1, 0.15) is 0 Å². The van der Waals surface area contributed by atoms with E-state index in [-0.39, 0.29) is 18.3 Å². The first-order valence-corrected chi connectivity index (χ1v) is 5.91. The van der Waals surface area contributed by atoms with Crippen LogP contribution >= 0.6 is 12.4 Å². The highest BCUT2D eigenvalue weighted by molar-refractivity contribution is 5.90. The SMILES string of the molecule is Cl.NCCCC(=O)Nc1ccc2c(c1)CCC2. The second-order valence-corrected chi connectivity index (χ2v) is 4.28. The van der Waals surface area contributed by atoms with E-state index in [9.17, 15) is 4.79 Å². The molecule has 1 aliphatic rings.